The van der Waals surface area contributed by atoms with Crippen LogP contribution in [0.3, 0.4) is 0 Å². The lowest BCUT2D eigenvalue weighted by atomic mass is 9.75. The van der Waals surface area contributed by atoms with E-state index in [1.54, 1.807) is 0 Å². The maximum Gasteiger partial charge on any atom is 0.0697 e. The monoisotopic (exact) mass is 225 g/mol. The van der Waals surface area contributed by atoms with Gasteiger partial charge in [-0.1, -0.05) is 6.07 Å². The molecule has 0 radical (unpaired) electrons. The molecular weight excluding hydrogens is 206 g/mol. The highest BCUT2D eigenvalue weighted by atomic mass is 32.1. The second-order valence-electron chi connectivity index (χ2n) is 4.30. The Morgan fingerprint density at radius 1 is 1.60 bits per heavy atom. The van der Waals surface area contributed by atoms with Crippen LogP contribution in [0.15, 0.2) is 17.5 Å². The van der Waals surface area contributed by atoms with Gasteiger partial charge in [0.1, 0.15) is 0 Å². The molecule has 0 amide bonds. The van der Waals surface area contributed by atoms with Crippen LogP contribution in [0.5, 0.6) is 0 Å². The zero-order chi connectivity index (χ0) is 10.7. The molecule has 0 saturated heterocycles. The third-order valence-electron chi connectivity index (χ3n) is 3.51. The van der Waals surface area contributed by atoms with Crippen molar-refractivity contribution in [3.63, 3.8) is 0 Å². The van der Waals surface area contributed by atoms with E-state index in [4.69, 9.17) is 4.74 Å². The Labute approximate surface area is 95.6 Å². The minimum atomic E-state index is 0.150. The number of methoxy groups -OCH3 is 1. The normalized spacial score (nSPS) is 20.9. The summed E-state index contributed by atoms with van der Waals surface area (Å²) in [5, 5.41) is 5.53. The molecule has 1 heterocycles. The van der Waals surface area contributed by atoms with Gasteiger partial charge >= 0.3 is 0 Å². The molecule has 1 aliphatic carbocycles. The topological polar surface area (TPSA) is 21.3 Å². The Morgan fingerprint density at radius 2 is 2.40 bits per heavy atom. The van der Waals surface area contributed by atoms with Crippen LogP contribution in [0, 0.1) is 0 Å². The fraction of sp³-hybridized carbons (Fsp3) is 0.667. The van der Waals surface area contributed by atoms with E-state index in [9.17, 15) is 0 Å². The molecule has 0 aromatic carbocycles. The van der Waals surface area contributed by atoms with Gasteiger partial charge in [-0.15, -0.1) is 11.3 Å². The second kappa shape index (κ2) is 4.64. The van der Waals surface area contributed by atoms with Crippen LogP contribution in [-0.2, 0) is 4.74 Å². The van der Waals surface area contributed by atoms with Crippen molar-refractivity contribution in [1.82, 2.24) is 5.32 Å². The van der Waals surface area contributed by atoms with E-state index in [0.717, 1.165) is 6.42 Å². The van der Waals surface area contributed by atoms with Crippen molar-refractivity contribution in [1.29, 1.82) is 0 Å². The van der Waals surface area contributed by atoms with Crippen LogP contribution in [0.2, 0.25) is 0 Å². The highest BCUT2D eigenvalue weighted by Gasteiger charge is 2.39. The average molecular weight is 225 g/mol. The summed E-state index contributed by atoms with van der Waals surface area (Å²) in [6.45, 7) is 0. The molecule has 1 N–H and O–H groups in total. The predicted octanol–water partition coefficient (Wildman–Crippen LogP) is 2.97. The lowest BCUT2D eigenvalue weighted by molar-refractivity contribution is -0.0832. The van der Waals surface area contributed by atoms with Gasteiger partial charge in [-0.25, -0.2) is 0 Å². The third kappa shape index (κ3) is 2.25. The van der Waals surface area contributed by atoms with Gasteiger partial charge < -0.3 is 10.1 Å². The molecule has 0 spiro atoms. The van der Waals surface area contributed by atoms with Crippen molar-refractivity contribution in [2.45, 2.75) is 37.3 Å². The summed E-state index contributed by atoms with van der Waals surface area (Å²) in [6, 6.07) is 4.77. The Morgan fingerprint density at radius 3 is 2.80 bits per heavy atom. The first kappa shape index (κ1) is 11.1. The lowest BCUT2D eigenvalue weighted by Gasteiger charge is -2.42. The molecule has 2 nitrogen and oxygen atoms in total. The predicted molar refractivity (Wildman–Crippen MR) is 64.3 cm³/mol. The molecule has 1 aromatic rings. The van der Waals surface area contributed by atoms with Gasteiger partial charge in [0, 0.05) is 18.0 Å². The Balaban J connectivity index is 2.02. The van der Waals surface area contributed by atoms with Crippen molar-refractivity contribution in [3.8, 4) is 0 Å². The molecule has 1 aromatic heterocycles. The van der Waals surface area contributed by atoms with Crippen LogP contribution < -0.4 is 5.32 Å². The molecule has 84 valence electrons. The van der Waals surface area contributed by atoms with E-state index < -0.39 is 0 Å². The first-order chi connectivity index (χ1) is 7.29. The number of thiophene rings is 1. The summed E-state index contributed by atoms with van der Waals surface area (Å²) in [6.07, 6.45) is 4.84. The summed E-state index contributed by atoms with van der Waals surface area (Å²) in [7, 11) is 3.88. The van der Waals surface area contributed by atoms with Crippen LogP contribution in [0.1, 0.15) is 36.6 Å². The Kier molecular flexibility index (Phi) is 3.44. The van der Waals surface area contributed by atoms with Crippen LogP contribution >= 0.6 is 11.3 Å². The van der Waals surface area contributed by atoms with Gasteiger partial charge in [0.25, 0.3) is 0 Å². The van der Waals surface area contributed by atoms with Gasteiger partial charge in [0.15, 0.2) is 0 Å². The first-order valence-electron chi connectivity index (χ1n) is 5.55. The minimum absolute atomic E-state index is 0.150. The number of hydrogen-bond acceptors (Lipinski definition) is 3. The van der Waals surface area contributed by atoms with Crippen molar-refractivity contribution < 1.29 is 4.74 Å². The Hall–Kier alpha value is -0.380. The molecular formula is C12H19NOS. The molecule has 0 aliphatic heterocycles. The fourth-order valence-electron chi connectivity index (χ4n) is 2.27. The molecule has 2 rings (SSSR count). The molecule has 3 heteroatoms. The average Bonchev–Trinajstić information content (AvgIpc) is 2.71. The van der Waals surface area contributed by atoms with Crippen molar-refractivity contribution in [2.75, 3.05) is 14.2 Å². The van der Waals surface area contributed by atoms with Gasteiger partial charge in [0.05, 0.1) is 5.60 Å². The SMILES string of the molecule is CNC(CC1(OC)CCC1)c1cccs1. The van der Waals surface area contributed by atoms with Gasteiger partial charge in [-0.3, -0.25) is 0 Å². The molecule has 15 heavy (non-hydrogen) atoms. The molecule has 1 fully saturated rings. The quantitative estimate of drug-likeness (QED) is 0.832. The van der Waals surface area contributed by atoms with Crippen molar-refractivity contribution in [2.24, 2.45) is 0 Å². The summed E-state index contributed by atoms with van der Waals surface area (Å²) < 4.78 is 5.67. The summed E-state index contributed by atoms with van der Waals surface area (Å²) in [4.78, 5) is 1.42. The minimum Gasteiger partial charge on any atom is -0.378 e. The van der Waals surface area contributed by atoms with Crippen molar-refractivity contribution >= 4 is 11.3 Å². The highest BCUT2D eigenvalue weighted by Crippen LogP contribution is 2.42. The lowest BCUT2D eigenvalue weighted by Crippen LogP contribution is -2.42. The largest absolute Gasteiger partial charge is 0.378 e. The molecule has 0 bridgehead atoms. The van der Waals surface area contributed by atoms with Crippen LogP contribution in [0.25, 0.3) is 0 Å². The van der Waals surface area contributed by atoms with E-state index in [-0.39, 0.29) is 5.60 Å². The van der Waals surface area contributed by atoms with E-state index >= 15 is 0 Å². The third-order valence-corrected chi connectivity index (χ3v) is 4.50. The van der Waals surface area contributed by atoms with Gasteiger partial charge in [-0.05, 0) is 44.2 Å². The van der Waals surface area contributed by atoms with Gasteiger partial charge in [-0.2, -0.15) is 0 Å². The first-order valence-corrected chi connectivity index (χ1v) is 6.43. The van der Waals surface area contributed by atoms with E-state index in [1.165, 1.54) is 24.1 Å². The number of ether oxygens (including phenoxy) is 1. The summed E-state index contributed by atoms with van der Waals surface area (Å²) in [5.41, 5.74) is 0.150. The smallest absolute Gasteiger partial charge is 0.0697 e. The number of hydrogen-bond donors (Lipinski definition) is 1. The molecule has 1 atom stereocenters. The molecule has 1 aliphatic rings. The zero-order valence-corrected chi connectivity index (χ0v) is 10.3. The van der Waals surface area contributed by atoms with Crippen LogP contribution in [-0.4, -0.2) is 19.8 Å². The van der Waals surface area contributed by atoms with E-state index in [1.807, 2.05) is 25.5 Å². The fourth-order valence-corrected chi connectivity index (χ4v) is 3.11. The zero-order valence-electron chi connectivity index (χ0n) is 9.45. The maximum absolute atomic E-state index is 5.67. The van der Waals surface area contributed by atoms with E-state index in [0.29, 0.717) is 6.04 Å². The second-order valence-corrected chi connectivity index (χ2v) is 5.28. The van der Waals surface area contributed by atoms with E-state index in [2.05, 4.69) is 22.8 Å². The maximum atomic E-state index is 5.67. The summed E-state index contributed by atoms with van der Waals surface area (Å²) >= 11 is 1.82. The number of rotatable bonds is 5. The highest BCUT2D eigenvalue weighted by molar-refractivity contribution is 7.10. The summed E-state index contributed by atoms with van der Waals surface area (Å²) in [5.74, 6) is 0. The van der Waals surface area contributed by atoms with Gasteiger partial charge in [0.2, 0.25) is 0 Å². The number of nitrogens with one attached hydrogen (secondary N) is 1. The standard InChI is InChI=1S/C12H19NOS/c1-13-10(11-5-3-8-15-11)9-12(14-2)6-4-7-12/h3,5,8,10,13H,4,6-7,9H2,1-2H3. The molecule has 1 saturated carbocycles. The Bertz CT molecular complexity index is 287. The van der Waals surface area contributed by atoms with Crippen LogP contribution in [0.4, 0.5) is 0 Å². The molecule has 1 unspecified atom stereocenters. The van der Waals surface area contributed by atoms with Crippen molar-refractivity contribution in [3.05, 3.63) is 22.4 Å².